The number of benzene rings is 1. The monoisotopic (exact) mass is 318 g/mol. The maximum atomic E-state index is 12.6. The molecule has 1 saturated heterocycles. The van der Waals surface area contributed by atoms with Gasteiger partial charge in [0.2, 0.25) is 0 Å². The third-order valence-corrected chi connectivity index (χ3v) is 4.16. The average Bonchev–Trinajstić information content (AvgIpc) is 2.53. The number of hydrogen-bond donors (Lipinski definition) is 0. The molecule has 1 amide bonds. The Morgan fingerprint density at radius 2 is 2.00 bits per heavy atom. The quantitative estimate of drug-likeness (QED) is 0.615. The standard InChI is InChI=1S/C16H18N2O5/c1-17(2)15(19)13-10-16(5-7-22-8-6-16)23-14-4-3-11(18(20)21)9-12(13)14/h3-4,9-10H,5-8H2,1-2H3. The van der Waals surface area contributed by atoms with Crippen molar-refractivity contribution in [3.63, 3.8) is 0 Å². The summed E-state index contributed by atoms with van der Waals surface area (Å²) in [5.74, 6) is 0.311. The summed E-state index contributed by atoms with van der Waals surface area (Å²) < 4.78 is 11.5. The number of rotatable bonds is 2. The molecule has 2 aliphatic heterocycles. The highest BCUT2D eigenvalue weighted by molar-refractivity contribution is 6.20. The van der Waals surface area contributed by atoms with Gasteiger partial charge in [0.25, 0.3) is 11.6 Å². The van der Waals surface area contributed by atoms with Crippen molar-refractivity contribution in [3.05, 3.63) is 40.0 Å². The Balaban J connectivity index is 2.12. The summed E-state index contributed by atoms with van der Waals surface area (Å²) in [7, 11) is 3.32. The Bertz CT molecular complexity index is 690. The van der Waals surface area contributed by atoms with Crippen LogP contribution in [-0.2, 0) is 9.53 Å². The molecule has 1 aromatic rings. The Labute approximate surface area is 133 Å². The normalized spacial score (nSPS) is 18.6. The minimum absolute atomic E-state index is 0.0623. The fourth-order valence-electron chi connectivity index (χ4n) is 2.90. The molecule has 3 rings (SSSR count). The van der Waals surface area contributed by atoms with Crippen LogP contribution in [0.2, 0.25) is 0 Å². The maximum absolute atomic E-state index is 12.6. The van der Waals surface area contributed by atoms with Crippen LogP contribution in [0.4, 0.5) is 5.69 Å². The van der Waals surface area contributed by atoms with Gasteiger partial charge >= 0.3 is 0 Å². The number of ether oxygens (including phenoxy) is 2. The molecule has 1 spiro atoms. The van der Waals surface area contributed by atoms with E-state index in [0.29, 0.717) is 42.9 Å². The third-order valence-electron chi connectivity index (χ3n) is 4.16. The molecule has 0 atom stereocenters. The molecule has 0 unspecified atom stereocenters. The summed E-state index contributed by atoms with van der Waals surface area (Å²) in [5.41, 5.74) is 0.271. The molecular formula is C16H18N2O5. The molecule has 7 nitrogen and oxygen atoms in total. The number of nitro benzene ring substituents is 1. The van der Waals surface area contributed by atoms with Crippen LogP contribution in [0.3, 0.4) is 0 Å². The average molecular weight is 318 g/mol. The van der Waals surface area contributed by atoms with E-state index < -0.39 is 10.5 Å². The molecule has 0 bridgehead atoms. The minimum Gasteiger partial charge on any atom is -0.482 e. The lowest BCUT2D eigenvalue weighted by atomic mass is 9.86. The molecule has 0 N–H and O–H groups in total. The van der Waals surface area contributed by atoms with Crippen molar-refractivity contribution < 1.29 is 19.2 Å². The second-order valence-electron chi connectivity index (χ2n) is 5.97. The van der Waals surface area contributed by atoms with E-state index in [-0.39, 0.29) is 11.6 Å². The van der Waals surface area contributed by atoms with Gasteiger partial charge in [-0.05, 0) is 12.1 Å². The highest BCUT2D eigenvalue weighted by Crippen LogP contribution is 2.42. The lowest BCUT2D eigenvalue weighted by Crippen LogP contribution is -2.43. The van der Waals surface area contributed by atoms with Gasteiger partial charge in [-0.3, -0.25) is 14.9 Å². The fraction of sp³-hybridized carbons (Fsp3) is 0.438. The lowest BCUT2D eigenvalue weighted by Gasteiger charge is -2.39. The number of carbonyl (C=O) groups is 1. The van der Waals surface area contributed by atoms with Crippen molar-refractivity contribution in [2.24, 2.45) is 0 Å². The Morgan fingerprint density at radius 3 is 2.61 bits per heavy atom. The van der Waals surface area contributed by atoms with E-state index in [1.807, 2.05) is 6.08 Å². The van der Waals surface area contributed by atoms with Gasteiger partial charge in [-0.1, -0.05) is 0 Å². The second kappa shape index (κ2) is 5.66. The molecule has 1 fully saturated rings. The van der Waals surface area contributed by atoms with Crippen LogP contribution < -0.4 is 4.74 Å². The Morgan fingerprint density at radius 1 is 1.30 bits per heavy atom. The Kier molecular flexibility index (Phi) is 3.81. The molecule has 23 heavy (non-hydrogen) atoms. The zero-order chi connectivity index (χ0) is 16.6. The molecule has 0 aliphatic carbocycles. The van der Waals surface area contributed by atoms with Crippen LogP contribution in [0.25, 0.3) is 5.57 Å². The summed E-state index contributed by atoms with van der Waals surface area (Å²) in [6.07, 6.45) is 3.10. The van der Waals surface area contributed by atoms with E-state index in [1.165, 1.54) is 17.0 Å². The zero-order valence-corrected chi connectivity index (χ0v) is 13.1. The first-order valence-electron chi connectivity index (χ1n) is 7.42. The van der Waals surface area contributed by atoms with E-state index in [1.54, 1.807) is 20.2 Å². The second-order valence-corrected chi connectivity index (χ2v) is 5.97. The molecule has 2 heterocycles. The molecule has 2 aliphatic rings. The van der Waals surface area contributed by atoms with Gasteiger partial charge in [0.15, 0.2) is 0 Å². The van der Waals surface area contributed by atoms with E-state index in [9.17, 15) is 14.9 Å². The number of hydrogen-bond acceptors (Lipinski definition) is 5. The van der Waals surface area contributed by atoms with Gasteiger partial charge in [0.1, 0.15) is 11.4 Å². The summed E-state index contributed by atoms with van der Waals surface area (Å²) in [5, 5.41) is 11.0. The first-order valence-corrected chi connectivity index (χ1v) is 7.42. The van der Waals surface area contributed by atoms with Crippen molar-refractivity contribution in [1.82, 2.24) is 4.90 Å². The molecule has 0 radical (unpaired) electrons. The number of likely N-dealkylation sites (N-methyl/N-ethyl adjacent to an activating group) is 1. The number of nitrogens with zero attached hydrogens (tertiary/aromatic N) is 2. The van der Waals surface area contributed by atoms with E-state index >= 15 is 0 Å². The SMILES string of the molecule is CN(C)C(=O)C1=CC2(CCOCC2)Oc2ccc([N+](=O)[O-])cc21. The molecular weight excluding hydrogens is 300 g/mol. The first-order chi connectivity index (χ1) is 10.9. The predicted molar refractivity (Wildman–Crippen MR) is 83.2 cm³/mol. The summed E-state index contributed by atoms with van der Waals surface area (Å²) in [6, 6.07) is 4.37. The van der Waals surface area contributed by atoms with E-state index in [0.717, 1.165) is 0 Å². The number of nitro groups is 1. The smallest absolute Gasteiger partial charge is 0.270 e. The predicted octanol–water partition coefficient (Wildman–Crippen LogP) is 2.01. The van der Waals surface area contributed by atoms with E-state index in [2.05, 4.69) is 0 Å². The number of non-ortho nitro benzene ring substituents is 1. The van der Waals surface area contributed by atoms with Crippen LogP contribution in [0.1, 0.15) is 18.4 Å². The van der Waals surface area contributed by atoms with Gasteiger partial charge in [0, 0.05) is 44.6 Å². The van der Waals surface area contributed by atoms with Crippen LogP contribution in [-0.4, -0.2) is 48.6 Å². The third kappa shape index (κ3) is 2.79. The number of carbonyl (C=O) groups excluding carboxylic acids is 1. The molecule has 122 valence electrons. The van der Waals surface area contributed by atoms with Crippen molar-refractivity contribution in [2.75, 3.05) is 27.3 Å². The van der Waals surface area contributed by atoms with Crippen molar-refractivity contribution in [2.45, 2.75) is 18.4 Å². The van der Waals surface area contributed by atoms with Crippen molar-refractivity contribution >= 4 is 17.2 Å². The van der Waals surface area contributed by atoms with E-state index in [4.69, 9.17) is 9.47 Å². The largest absolute Gasteiger partial charge is 0.482 e. The first kappa shape index (κ1) is 15.5. The van der Waals surface area contributed by atoms with Crippen molar-refractivity contribution in [3.8, 4) is 5.75 Å². The number of amides is 1. The maximum Gasteiger partial charge on any atom is 0.270 e. The molecule has 0 saturated carbocycles. The number of fused-ring (bicyclic) bond motifs is 1. The molecule has 7 heteroatoms. The zero-order valence-electron chi connectivity index (χ0n) is 13.1. The lowest BCUT2D eigenvalue weighted by molar-refractivity contribution is -0.384. The topological polar surface area (TPSA) is 81.9 Å². The van der Waals surface area contributed by atoms with Crippen LogP contribution >= 0.6 is 0 Å². The minimum atomic E-state index is -0.581. The van der Waals surface area contributed by atoms with Crippen LogP contribution in [0.5, 0.6) is 5.75 Å². The highest BCUT2D eigenvalue weighted by Gasteiger charge is 2.39. The molecule has 1 aromatic carbocycles. The van der Waals surface area contributed by atoms with Gasteiger partial charge in [-0.15, -0.1) is 0 Å². The highest BCUT2D eigenvalue weighted by atomic mass is 16.6. The fourth-order valence-corrected chi connectivity index (χ4v) is 2.90. The van der Waals surface area contributed by atoms with Gasteiger partial charge in [-0.2, -0.15) is 0 Å². The van der Waals surface area contributed by atoms with Gasteiger partial charge in [-0.25, -0.2) is 0 Å². The van der Waals surface area contributed by atoms with Crippen LogP contribution in [0.15, 0.2) is 24.3 Å². The molecule has 0 aromatic heterocycles. The van der Waals surface area contributed by atoms with Gasteiger partial charge < -0.3 is 14.4 Å². The summed E-state index contributed by atoms with van der Waals surface area (Å²) in [4.78, 5) is 24.6. The van der Waals surface area contributed by atoms with Gasteiger partial charge in [0.05, 0.1) is 23.7 Å². The summed E-state index contributed by atoms with van der Waals surface area (Å²) >= 11 is 0. The summed E-state index contributed by atoms with van der Waals surface area (Å²) in [6.45, 7) is 1.12. The Hall–Kier alpha value is -2.41. The van der Waals surface area contributed by atoms with Crippen molar-refractivity contribution in [1.29, 1.82) is 0 Å². The van der Waals surface area contributed by atoms with Crippen LogP contribution in [0, 0.1) is 10.1 Å².